The summed E-state index contributed by atoms with van der Waals surface area (Å²) in [6.45, 7) is -0.320. The molecule has 0 aromatic heterocycles. The van der Waals surface area contributed by atoms with Gasteiger partial charge in [0, 0.05) is 5.88 Å². The molecular weight excluding hydrogens is 590 g/mol. The van der Waals surface area contributed by atoms with E-state index in [0.717, 1.165) is 44.9 Å². The highest BCUT2D eigenvalue weighted by atomic mass is 35.5. The second-order valence-electron chi connectivity index (χ2n) is 9.22. The Morgan fingerprint density at radius 2 is 1.02 bits per heavy atom. The van der Waals surface area contributed by atoms with Crippen LogP contribution in [-0.2, 0) is 30.5 Å². The molecule has 3 aromatic rings. The number of halogens is 3. The summed E-state index contributed by atoms with van der Waals surface area (Å²) in [6.07, 6.45) is 8.41. The lowest BCUT2D eigenvalue weighted by Gasteiger charge is -2.17. The zero-order valence-electron chi connectivity index (χ0n) is 22.9. The quantitative estimate of drug-likeness (QED) is 0.0526. The van der Waals surface area contributed by atoms with Crippen LogP contribution in [0.4, 0.5) is 8.78 Å². The van der Waals surface area contributed by atoms with E-state index in [1.807, 2.05) is 0 Å². The number of carbonyl (C=O) groups excluding carboxylic acids is 1. The number of esters is 1. The summed E-state index contributed by atoms with van der Waals surface area (Å²) in [7, 11) is -6.05. The van der Waals surface area contributed by atoms with Crippen molar-refractivity contribution in [2.45, 2.75) is 77.7 Å². The first-order valence-corrected chi connectivity index (χ1v) is 16.8. The number of unbranched alkanes of at least 4 members (excludes halogenated alkanes) is 8. The number of hydrogen-bond acceptors (Lipinski definition) is 5. The van der Waals surface area contributed by atoms with Gasteiger partial charge >= 0.3 is 11.2 Å². The van der Waals surface area contributed by atoms with Crippen molar-refractivity contribution in [3.63, 3.8) is 0 Å². The van der Waals surface area contributed by atoms with Gasteiger partial charge in [-0.15, -0.1) is 11.6 Å². The van der Waals surface area contributed by atoms with E-state index < -0.39 is 21.3 Å². The van der Waals surface area contributed by atoms with Crippen LogP contribution in [0.5, 0.6) is 0 Å². The smallest absolute Gasteiger partial charge is 0.428 e. The van der Waals surface area contributed by atoms with E-state index in [1.54, 1.807) is 0 Å². The molecule has 0 radical (unpaired) electrons. The number of carbonyl (C=O) groups is 1. The Morgan fingerprint density at radius 3 is 1.37 bits per heavy atom. The molecule has 5 nitrogen and oxygen atoms in total. The summed E-state index contributed by atoms with van der Waals surface area (Å²) in [5.41, 5.74) is 0. The molecule has 0 fully saturated rings. The highest BCUT2D eigenvalue weighted by Gasteiger charge is 2.48. The molecule has 0 spiro atoms. The van der Waals surface area contributed by atoms with E-state index in [-0.39, 0.29) is 17.5 Å². The van der Waals surface area contributed by atoms with Crippen molar-refractivity contribution >= 4 is 38.6 Å². The molecule has 224 valence electrons. The fourth-order valence-corrected chi connectivity index (χ4v) is 6.42. The van der Waals surface area contributed by atoms with Crippen LogP contribution < -0.4 is 0 Å². The Hall–Kier alpha value is -2.46. The summed E-state index contributed by atoms with van der Waals surface area (Å²) in [5, 5.41) is -5.02. The van der Waals surface area contributed by atoms with Crippen LogP contribution in [-0.4, -0.2) is 36.7 Å². The van der Waals surface area contributed by atoms with Gasteiger partial charge in [0.1, 0.15) is 0 Å². The van der Waals surface area contributed by atoms with E-state index >= 15 is 0 Å². The Morgan fingerprint density at radius 1 is 0.683 bits per heavy atom. The van der Waals surface area contributed by atoms with Gasteiger partial charge in [-0.1, -0.05) is 99.5 Å². The molecule has 0 aliphatic carbocycles. The zero-order valence-corrected chi connectivity index (χ0v) is 25.3. The predicted molar refractivity (Wildman–Crippen MR) is 159 cm³/mol. The fraction of sp³-hybridized carbons (Fsp3) is 0.387. The van der Waals surface area contributed by atoms with Crippen LogP contribution in [0.2, 0.25) is 0 Å². The van der Waals surface area contributed by atoms with E-state index in [1.165, 1.54) is 14.7 Å². The maximum Gasteiger partial charge on any atom is 0.428 e. The van der Waals surface area contributed by atoms with E-state index in [4.69, 9.17) is 11.6 Å². The van der Waals surface area contributed by atoms with Crippen molar-refractivity contribution in [1.29, 1.82) is 0 Å². The maximum absolute atomic E-state index is 12.7. The molecule has 10 heteroatoms. The van der Waals surface area contributed by atoms with Gasteiger partial charge in [-0.3, -0.25) is 0 Å². The summed E-state index contributed by atoms with van der Waals surface area (Å²) >= 11 is 5.55. The van der Waals surface area contributed by atoms with E-state index in [2.05, 4.69) is 95.7 Å². The average Bonchev–Trinajstić information content (AvgIpc) is 2.97. The number of alkyl halides is 3. The first-order valence-electron chi connectivity index (χ1n) is 13.6. The van der Waals surface area contributed by atoms with Gasteiger partial charge in [0.2, 0.25) is 0 Å². The predicted octanol–water partition coefficient (Wildman–Crippen LogP) is 8.20. The van der Waals surface area contributed by atoms with Crippen molar-refractivity contribution in [2.24, 2.45) is 0 Å². The first kappa shape index (κ1) is 34.7. The molecule has 3 rings (SSSR count). The largest absolute Gasteiger partial charge is 0.743 e. The topological polar surface area (TPSA) is 83.5 Å². The van der Waals surface area contributed by atoms with E-state index in [9.17, 15) is 26.5 Å². The van der Waals surface area contributed by atoms with Crippen molar-refractivity contribution in [3.05, 3.63) is 91.0 Å². The van der Waals surface area contributed by atoms with Gasteiger partial charge in [0.05, 0.1) is 17.5 Å². The molecule has 0 saturated heterocycles. The minimum atomic E-state index is -6.03. The Bertz CT molecular complexity index is 1140. The minimum absolute atomic E-state index is 0.0146. The van der Waals surface area contributed by atoms with Gasteiger partial charge in [-0.2, -0.15) is 8.78 Å². The average molecular weight is 627 g/mol. The third-order valence-corrected chi connectivity index (χ3v) is 9.29. The molecule has 0 bridgehead atoms. The summed E-state index contributed by atoms with van der Waals surface area (Å²) in [5.74, 6) is -1.62. The van der Waals surface area contributed by atoms with Crippen LogP contribution in [0.25, 0.3) is 0 Å². The number of hydrogen-bond donors (Lipinski definition) is 0. The Labute approximate surface area is 250 Å². The maximum atomic E-state index is 12.7. The third-order valence-electron chi connectivity index (χ3n) is 6.00. The lowest BCUT2D eigenvalue weighted by Crippen LogP contribution is -2.39. The molecule has 3 aromatic carbocycles. The molecule has 0 saturated carbocycles. The Balaban J connectivity index is 0.000000288. The van der Waals surface area contributed by atoms with Crippen molar-refractivity contribution in [1.82, 2.24) is 0 Å². The lowest BCUT2D eigenvalue weighted by atomic mass is 10.1. The lowest BCUT2D eigenvalue weighted by molar-refractivity contribution is -0.161. The van der Waals surface area contributed by atoms with Crippen LogP contribution in [0.1, 0.15) is 57.8 Å². The van der Waals surface area contributed by atoms with Crippen molar-refractivity contribution in [2.75, 3.05) is 12.5 Å². The second-order valence-corrected chi connectivity index (χ2v) is 13.0. The second kappa shape index (κ2) is 18.9. The van der Waals surface area contributed by atoms with Crippen LogP contribution in [0, 0.1) is 0 Å². The molecule has 0 amide bonds. The van der Waals surface area contributed by atoms with E-state index in [0.29, 0.717) is 18.7 Å². The number of benzene rings is 3. The van der Waals surface area contributed by atoms with Crippen molar-refractivity contribution < 1.29 is 31.3 Å². The molecule has 0 heterocycles. The summed E-state index contributed by atoms with van der Waals surface area (Å²) in [6, 6.07) is 32.2. The highest BCUT2D eigenvalue weighted by molar-refractivity contribution is 7.97. The highest BCUT2D eigenvalue weighted by Crippen LogP contribution is 2.30. The van der Waals surface area contributed by atoms with Crippen molar-refractivity contribution in [3.8, 4) is 0 Å². The molecule has 0 N–H and O–H groups in total. The van der Waals surface area contributed by atoms with Gasteiger partial charge in [0.15, 0.2) is 24.8 Å². The van der Waals surface area contributed by atoms with Gasteiger partial charge in [-0.05, 0) is 49.2 Å². The van der Waals surface area contributed by atoms with Crippen LogP contribution >= 0.6 is 11.6 Å². The van der Waals surface area contributed by atoms with Crippen LogP contribution in [0.3, 0.4) is 0 Å². The molecule has 0 atom stereocenters. The minimum Gasteiger partial charge on any atom is -0.743 e. The third kappa shape index (κ3) is 12.5. The van der Waals surface area contributed by atoms with Gasteiger partial charge in [-0.25, -0.2) is 13.2 Å². The molecule has 0 unspecified atom stereocenters. The fourth-order valence-electron chi connectivity index (χ4n) is 3.86. The Kier molecular flexibility index (Phi) is 16.0. The van der Waals surface area contributed by atoms with Crippen LogP contribution in [0.15, 0.2) is 106 Å². The molecular formula is C31H37ClF2O5S2. The number of ether oxygens (including phenoxy) is 1. The van der Waals surface area contributed by atoms with Gasteiger partial charge < -0.3 is 9.29 Å². The standard InChI is InChI=1S/C18H15S.C13H23ClF2O5S/c1-4-10-16(11-5-1)19(17-12-6-2-7-13-17)18-14-8-3-9-15-18;14-10-8-6-4-2-1-3-5-7-9-11-21-12(17)13(15,16)22(18,19)20/h1-15H;1-11H2,(H,18,19,20)/q+1;/p-1. The summed E-state index contributed by atoms with van der Waals surface area (Å²) in [4.78, 5) is 14.9. The molecule has 0 aliphatic heterocycles. The molecule has 0 aliphatic rings. The summed E-state index contributed by atoms with van der Waals surface area (Å²) < 4.78 is 60.2. The SMILES string of the molecule is O=C(OCCCCCCCCCCCCl)C(F)(F)S(=O)(=O)[O-].c1ccc([S+](c2ccccc2)c2ccccc2)cc1. The van der Waals surface area contributed by atoms with Gasteiger partial charge in [0.25, 0.3) is 0 Å². The first-order chi connectivity index (χ1) is 19.7. The normalized spacial score (nSPS) is 11.5. The molecule has 41 heavy (non-hydrogen) atoms. The number of rotatable bonds is 16. The monoisotopic (exact) mass is 626 g/mol. The zero-order chi connectivity index (χ0) is 30.0.